The van der Waals surface area contributed by atoms with Gasteiger partial charge in [0.05, 0.1) is 0 Å². The first-order chi connectivity index (χ1) is 7.00. The van der Waals surface area contributed by atoms with Gasteiger partial charge in [-0.3, -0.25) is 4.79 Å². The van der Waals surface area contributed by atoms with Crippen LogP contribution >= 0.6 is 0 Å². The molecule has 2 nitrogen and oxygen atoms in total. The molecule has 1 N–H and O–H groups in total. The van der Waals surface area contributed by atoms with E-state index in [9.17, 15) is 4.79 Å². The van der Waals surface area contributed by atoms with Crippen LogP contribution in [-0.4, -0.2) is 11.1 Å². The summed E-state index contributed by atoms with van der Waals surface area (Å²) in [5.41, 5.74) is 3.65. The summed E-state index contributed by atoms with van der Waals surface area (Å²) in [5.74, 6) is -0.209. The van der Waals surface area contributed by atoms with Gasteiger partial charge < -0.3 is 5.11 Å². The van der Waals surface area contributed by atoms with Crippen molar-refractivity contribution >= 4 is 5.97 Å². The van der Waals surface area contributed by atoms with Gasteiger partial charge in [-0.2, -0.15) is 0 Å². The standard InChI is InChI=1S/C13H18O2/c1-9(2)12-5-4-11(10(3)8-12)6-7-13(14)15/h4-5,8-9H,6-7H2,1-3H3,(H,14,15). The third-order valence-electron chi connectivity index (χ3n) is 2.64. The van der Waals surface area contributed by atoms with Crippen molar-refractivity contribution < 1.29 is 9.90 Å². The molecule has 0 atom stereocenters. The second kappa shape index (κ2) is 4.96. The molecule has 0 aliphatic rings. The Kier molecular flexibility index (Phi) is 3.89. The van der Waals surface area contributed by atoms with Gasteiger partial charge >= 0.3 is 5.97 Å². The number of aryl methyl sites for hydroxylation is 2. The van der Waals surface area contributed by atoms with E-state index in [-0.39, 0.29) is 6.42 Å². The summed E-state index contributed by atoms with van der Waals surface area (Å²) in [5, 5.41) is 8.61. The summed E-state index contributed by atoms with van der Waals surface area (Å²) in [6.07, 6.45) is 0.835. The van der Waals surface area contributed by atoms with Crippen molar-refractivity contribution in [3.8, 4) is 0 Å². The monoisotopic (exact) mass is 206 g/mol. The van der Waals surface area contributed by atoms with Crippen LogP contribution in [0.1, 0.15) is 42.9 Å². The topological polar surface area (TPSA) is 37.3 Å². The molecule has 0 radical (unpaired) electrons. The molecule has 0 heterocycles. The molecule has 15 heavy (non-hydrogen) atoms. The fraction of sp³-hybridized carbons (Fsp3) is 0.462. The van der Waals surface area contributed by atoms with Crippen molar-refractivity contribution in [3.63, 3.8) is 0 Å². The number of carboxylic acids is 1. The quantitative estimate of drug-likeness (QED) is 0.821. The smallest absolute Gasteiger partial charge is 0.303 e. The minimum atomic E-state index is -0.734. The highest BCUT2D eigenvalue weighted by Gasteiger charge is 2.05. The highest BCUT2D eigenvalue weighted by atomic mass is 16.4. The molecule has 0 saturated carbocycles. The van der Waals surface area contributed by atoms with Crippen LogP contribution < -0.4 is 0 Å². The fourth-order valence-electron chi connectivity index (χ4n) is 1.60. The number of hydrogen-bond donors (Lipinski definition) is 1. The summed E-state index contributed by atoms with van der Waals surface area (Å²) in [6, 6.07) is 6.30. The summed E-state index contributed by atoms with van der Waals surface area (Å²) < 4.78 is 0. The Morgan fingerprint density at radius 2 is 2.07 bits per heavy atom. The number of hydrogen-bond acceptors (Lipinski definition) is 1. The van der Waals surface area contributed by atoms with E-state index >= 15 is 0 Å². The molecule has 0 aliphatic carbocycles. The Bertz CT molecular complexity index is 354. The molecule has 2 heteroatoms. The van der Waals surface area contributed by atoms with Crippen LogP contribution in [0.15, 0.2) is 18.2 Å². The summed E-state index contributed by atoms with van der Waals surface area (Å²) in [4.78, 5) is 10.5. The molecular weight excluding hydrogens is 188 g/mol. The van der Waals surface area contributed by atoms with Crippen LogP contribution in [0.5, 0.6) is 0 Å². The Hall–Kier alpha value is -1.31. The molecule has 0 spiro atoms. The van der Waals surface area contributed by atoms with Crippen molar-refractivity contribution in [1.82, 2.24) is 0 Å². The van der Waals surface area contributed by atoms with Gasteiger partial charge in [-0.15, -0.1) is 0 Å². The molecule has 0 bridgehead atoms. The number of benzene rings is 1. The first-order valence-electron chi connectivity index (χ1n) is 5.32. The van der Waals surface area contributed by atoms with Gasteiger partial charge in [0.2, 0.25) is 0 Å². The zero-order valence-corrected chi connectivity index (χ0v) is 9.58. The highest BCUT2D eigenvalue weighted by molar-refractivity contribution is 5.67. The molecule has 0 aliphatic heterocycles. The second-order valence-electron chi connectivity index (χ2n) is 4.23. The SMILES string of the molecule is Cc1cc(C(C)C)ccc1CCC(=O)O. The Morgan fingerprint density at radius 3 is 2.53 bits per heavy atom. The molecule has 1 aromatic carbocycles. The Balaban J connectivity index is 2.79. The maximum atomic E-state index is 10.5. The first kappa shape index (κ1) is 11.8. The van der Waals surface area contributed by atoms with Gasteiger partial charge in [0.25, 0.3) is 0 Å². The normalized spacial score (nSPS) is 10.7. The molecule has 1 rings (SSSR count). The highest BCUT2D eigenvalue weighted by Crippen LogP contribution is 2.19. The minimum Gasteiger partial charge on any atom is -0.481 e. The van der Waals surface area contributed by atoms with Crippen molar-refractivity contribution in [2.24, 2.45) is 0 Å². The maximum absolute atomic E-state index is 10.5. The number of carboxylic acid groups (broad SMARTS) is 1. The number of carbonyl (C=O) groups is 1. The van der Waals surface area contributed by atoms with Crippen LogP contribution in [0.25, 0.3) is 0 Å². The molecule has 0 unspecified atom stereocenters. The van der Waals surface area contributed by atoms with E-state index < -0.39 is 5.97 Å². The van der Waals surface area contributed by atoms with Crippen LogP contribution in [-0.2, 0) is 11.2 Å². The third kappa shape index (κ3) is 3.39. The van der Waals surface area contributed by atoms with Crippen LogP contribution in [0.3, 0.4) is 0 Å². The Labute approximate surface area is 90.9 Å². The van der Waals surface area contributed by atoms with Gasteiger partial charge in [-0.05, 0) is 36.0 Å². The van der Waals surface area contributed by atoms with Gasteiger partial charge in [0.1, 0.15) is 0 Å². The molecular formula is C13H18O2. The summed E-state index contributed by atoms with van der Waals surface area (Å²) in [6.45, 7) is 6.36. The van der Waals surface area contributed by atoms with E-state index in [0.717, 1.165) is 5.56 Å². The summed E-state index contributed by atoms with van der Waals surface area (Å²) in [7, 11) is 0. The fourth-order valence-corrected chi connectivity index (χ4v) is 1.60. The van der Waals surface area contributed by atoms with E-state index in [1.54, 1.807) is 0 Å². The van der Waals surface area contributed by atoms with Crippen LogP contribution in [0.4, 0.5) is 0 Å². The summed E-state index contributed by atoms with van der Waals surface area (Å²) >= 11 is 0. The second-order valence-corrected chi connectivity index (χ2v) is 4.23. The largest absolute Gasteiger partial charge is 0.481 e. The predicted molar refractivity (Wildman–Crippen MR) is 61.2 cm³/mol. The van der Waals surface area contributed by atoms with E-state index in [4.69, 9.17) is 5.11 Å². The van der Waals surface area contributed by atoms with Gasteiger partial charge in [-0.1, -0.05) is 32.0 Å². The molecule has 0 saturated heterocycles. The van der Waals surface area contributed by atoms with Gasteiger partial charge in [0.15, 0.2) is 0 Å². The maximum Gasteiger partial charge on any atom is 0.303 e. The van der Waals surface area contributed by atoms with Crippen molar-refractivity contribution in [2.45, 2.75) is 39.5 Å². The van der Waals surface area contributed by atoms with E-state index in [2.05, 4.69) is 26.0 Å². The van der Waals surface area contributed by atoms with Crippen LogP contribution in [0, 0.1) is 6.92 Å². The zero-order valence-electron chi connectivity index (χ0n) is 9.58. The van der Waals surface area contributed by atoms with E-state index in [1.807, 2.05) is 13.0 Å². The average Bonchev–Trinajstić information content (AvgIpc) is 2.15. The van der Waals surface area contributed by atoms with Crippen molar-refractivity contribution in [1.29, 1.82) is 0 Å². The Morgan fingerprint density at radius 1 is 1.40 bits per heavy atom. The van der Waals surface area contributed by atoms with Crippen molar-refractivity contribution in [2.75, 3.05) is 0 Å². The molecule has 1 aromatic rings. The molecule has 82 valence electrons. The lowest BCUT2D eigenvalue weighted by Crippen LogP contribution is -2.00. The average molecular weight is 206 g/mol. The van der Waals surface area contributed by atoms with E-state index in [1.165, 1.54) is 11.1 Å². The molecule has 0 aromatic heterocycles. The first-order valence-corrected chi connectivity index (χ1v) is 5.32. The van der Waals surface area contributed by atoms with Gasteiger partial charge in [0, 0.05) is 6.42 Å². The van der Waals surface area contributed by atoms with Crippen LogP contribution in [0.2, 0.25) is 0 Å². The van der Waals surface area contributed by atoms with E-state index in [0.29, 0.717) is 12.3 Å². The lowest BCUT2D eigenvalue weighted by molar-refractivity contribution is -0.136. The van der Waals surface area contributed by atoms with Gasteiger partial charge in [-0.25, -0.2) is 0 Å². The number of aliphatic carboxylic acids is 1. The minimum absolute atomic E-state index is 0.210. The third-order valence-corrected chi connectivity index (χ3v) is 2.64. The number of rotatable bonds is 4. The molecule has 0 amide bonds. The molecule has 0 fully saturated rings. The predicted octanol–water partition coefficient (Wildman–Crippen LogP) is 3.14. The lowest BCUT2D eigenvalue weighted by Gasteiger charge is -2.10. The zero-order chi connectivity index (χ0) is 11.4. The van der Waals surface area contributed by atoms with Crippen molar-refractivity contribution in [3.05, 3.63) is 34.9 Å². The lowest BCUT2D eigenvalue weighted by atomic mass is 9.96.